The number of carbonyl (C=O) groups excluding carboxylic acids is 1. The Morgan fingerprint density at radius 2 is 1.84 bits per heavy atom. The van der Waals surface area contributed by atoms with Crippen LogP contribution in [0.5, 0.6) is 0 Å². The fourth-order valence-electron chi connectivity index (χ4n) is 1.80. The van der Waals surface area contributed by atoms with Crippen molar-refractivity contribution in [2.75, 3.05) is 0 Å². The van der Waals surface area contributed by atoms with Gasteiger partial charge in [-0.3, -0.25) is 4.79 Å². The second kappa shape index (κ2) is 5.80. The summed E-state index contributed by atoms with van der Waals surface area (Å²) in [5.74, 6) is -1.28. The summed E-state index contributed by atoms with van der Waals surface area (Å²) >= 11 is 11.7. The maximum atomic E-state index is 11.6. The Labute approximate surface area is 120 Å². The molecule has 1 unspecified atom stereocenters. The number of rotatable bonds is 5. The van der Waals surface area contributed by atoms with E-state index in [0.29, 0.717) is 15.6 Å². The fourth-order valence-corrected chi connectivity index (χ4v) is 2.37. The van der Waals surface area contributed by atoms with E-state index in [1.807, 2.05) is 0 Å². The van der Waals surface area contributed by atoms with Crippen molar-refractivity contribution in [3.05, 3.63) is 33.8 Å². The molecule has 2 N–H and O–H groups in total. The molecule has 19 heavy (non-hydrogen) atoms. The Hall–Kier alpha value is -1.26. The third-order valence-electron chi connectivity index (χ3n) is 2.92. The van der Waals surface area contributed by atoms with E-state index in [-0.39, 0.29) is 18.2 Å². The van der Waals surface area contributed by atoms with Crippen molar-refractivity contribution < 1.29 is 14.7 Å². The minimum absolute atomic E-state index is 0.0233. The third kappa shape index (κ3) is 4.11. The summed E-state index contributed by atoms with van der Waals surface area (Å²) in [4.78, 5) is 22.8. The van der Waals surface area contributed by atoms with Gasteiger partial charge in [-0.1, -0.05) is 23.2 Å². The summed E-state index contributed by atoms with van der Waals surface area (Å²) in [6, 6.07) is 3.91. The van der Waals surface area contributed by atoms with Gasteiger partial charge in [-0.25, -0.2) is 4.79 Å². The van der Waals surface area contributed by atoms with Crippen LogP contribution in [0.15, 0.2) is 18.2 Å². The second-order valence-corrected chi connectivity index (χ2v) is 5.53. The van der Waals surface area contributed by atoms with Crippen LogP contribution in [0.4, 0.5) is 0 Å². The lowest BCUT2D eigenvalue weighted by atomic mass is 10.1. The number of hydrogen-bond donors (Lipinski definition) is 2. The van der Waals surface area contributed by atoms with E-state index in [4.69, 9.17) is 28.3 Å². The van der Waals surface area contributed by atoms with Gasteiger partial charge in [0.1, 0.15) is 6.04 Å². The summed E-state index contributed by atoms with van der Waals surface area (Å²) in [5.41, 5.74) is 0.681. The molecule has 1 atom stereocenters. The summed E-state index contributed by atoms with van der Waals surface area (Å²) in [5, 5.41) is 12.6. The molecule has 1 fully saturated rings. The largest absolute Gasteiger partial charge is 0.480 e. The minimum atomic E-state index is -1.06. The number of nitrogens with one attached hydrogen (secondary N) is 1. The summed E-state index contributed by atoms with van der Waals surface area (Å²) in [6.45, 7) is 0. The van der Waals surface area contributed by atoms with Crippen LogP contribution in [-0.4, -0.2) is 23.0 Å². The van der Waals surface area contributed by atoms with E-state index in [1.165, 1.54) is 0 Å². The van der Waals surface area contributed by atoms with Gasteiger partial charge < -0.3 is 10.4 Å². The number of benzene rings is 1. The van der Waals surface area contributed by atoms with Gasteiger partial charge in [-0.15, -0.1) is 0 Å². The number of hydrogen-bond acceptors (Lipinski definition) is 2. The first-order valence-electron chi connectivity index (χ1n) is 5.94. The summed E-state index contributed by atoms with van der Waals surface area (Å²) in [6.07, 6.45) is 1.83. The highest BCUT2D eigenvalue weighted by Crippen LogP contribution is 2.29. The number of halogens is 2. The van der Waals surface area contributed by atoms with Crippen molar-refractivity contribution in [3.8, 4) is 0 Å². The standard InChI is InChI=1S/C13H13Cl2NO3/c14-9-3-7(4-10(15)6-9)5-11(13(18)19)16-12(17)8-1-2-8/h3-4,6,8,11H,1-2,5H2,(H,16,17)(H,18,19). The molecule has 1 amide bonds. The van der Waals surface area contributed by atoms with Crippen LogP contribution in [0.25, 0.3) is 0 Å². The summed E-state index contributed by atoms with van der Waals surface area (Å²) < 4.78 is 0. The number of aliphatic carboxylic acids is 1. The normalized spacial score (nSPS) is 15.9. The zero-order valence-corrected chi connectivity index (χ0v) is 11.5. The smallest absolute Gasteiger partial charge is 0.326 e. The molecule has 1 saturated carbocycles. The van der Waals surface area contributed by atoms with E-state index in [2.05, 4.69) is 5.32 Å². The van der Waals surface area contributed by atoms with Crippen molar-refractivity contribution in [1.82, 2.24) is 5.32 Å². The SMILES string of the molecule is O=C(NC(Cc1cc(Cl)cc(Cl)c1)C(=O)O)C1CC1. The molecule has 0 aromatic heterocycles. The zero-order valence-electron chi connectivity index (χ0n) is 10.0. The van der Waals surface area contributed by atoms with E-state index in [0.717, 1.165) is 12.8 Å². The molecular formula is C13H13Cl2NO3. The molecule has 1 aromatic rings. The highest BCUT2D eigenvalue weighted by atomic mass is 35.5. The van der Waals surface area contributed by atoms with Crippen LogP contribution >= 0.6 is 23.2 Å². The number of carbonyl (C=O) groups is 2. The third-order valence-corrected chi connectivity index (χ3v) is 3.36. The van der Waals surface area contributed by atoms with Crippen molar-refractivity contribution in [3.63, 3.8) is 0 Å². The van der Waals surface area contributed by atoms with Crippen LogP contribution in [0.2, 0.25) is 10.0 Å². The van der Waals surface area contributed by atoms with Gasteiger partial charge in [0, 0.05) is 22.4 Å². The Morgan fingerprint density at radius 1 is 1.26 bits per heavy atom. The molecule has 102 valence electrons. The molecule has 0 bridgehead atoms. The first kappa shape index (κ1) is 14.2. The molecule has 6 heteroatoms. The maximum absolute atomic E-state index is 11.6. The molecule has 1 aliphatic rings. The average Bonchev–Trinajstić information content (AvgIpc) is 3.09. The van der Waals surface area contributed by atoms with E-state index in [1.54, 1.807) is 18.2 Å². The van der Waals surface area contributed by atoms with E-state index in [9.17, 15) is 9.59 Å². The van der Waals surface area contributed by atoms with Gasteiger partial charge in [0.05, 0.1) is 0 Å². The maximum Gasteiger partial charge on any atom is 0.326 e. The second-order valence-electron chi connectivity index (χ2n) is 4.66. The molecule has 0 heterocycles. The van der Waals surface area contributed by atoms with Crippen molar-refractivity contribution >= 4 is 35.1 Å². The average molecular weight is 302 g/mol. The molecule has 1 aromatic carbocycles. The van der Waals surface area contributed by atoms with Gasteiger partial charge >= 0.3 is 5.97 Å². The quantitative estimate of drug-likeness (QED) is 0.878. The van der Waals surface area contributed by atoms with Gasteiger partial charge in [0.15, 0.2) is 0 Å². The molecule has 0 spiro atoms. The highest BCUT2D eigenvalue weighted by Gasteiger charge is 2.32. The molecule has 0 radical (unpaired) electrons. The van der Waals surface area contributed by atoms with Crippen LogP contribution in [-0.2, 0) is 16.0 Å². The van der Waals surface area contributed by atoms with Gasteiger partial charge in [-0.05, 0) is 36.6 Å². The van der Waals surface area contributed by atoms with Crippen LogP contribution in [0, 0.1) is 5.92 Å². The minimum Gasteiger partial charge on any atom is -0.480 e. The van der Waals surface area contributed by atoms with Crippen LogP contribution in [0.3, 0.4) is 0 Å². The predicted octanol–water partition coefficient (Wildman–Crippen LogP) is 2.52. The highest BCUT2D eigenvalue weighted by molar-refractivity contribution is 6.34. The van der Waals surface area contributed by atoms with E-state index < -0.39 is 12.0 Å². The predicted molar refractivity (Wildman–Crippen MR) is 72.5 cm³/mol. The van der Waals surface area contributed by atoms with E-state index >= 15 is 0 Å². The lowest BCUT2D eigenvalue weighted by Crippen LogP contribution is -2.43. The first-order valence-corrected chi connectivity index (χ1v) is 6.69. The molecule has 1 aliphatic carbocycles. The van der Waals surface area contributed by atoms with Crippen LogP contribution < -0.4 is 5.32 Å². The van der Waals surface area contributed by atoms with Gasteiger partial charge in [0.2, 0.25) is 5.91 Å². The van der Waals surface area contributed by atoms with Crippen LogP contribution in [0.1, 0.15) is 18.4 Å². The van der Waals surface area contributed by atoms with Crippen molar-refractivity contribution in [1.29, 1.82) is 0 Å². The topological polar surface area (TPSA) is 66.4 Å². The fraction of sp³-hybridized carbons (Fsp3) is 0.385. The Morgan fingerprint density at radius 3 is 2.32 bits per heavy atom. The molecule has 0 saturated heterocycles. The van der Waals surface area contributed by atoms with Crippen molar-refractivity contribution in [2.45, 2.75) is 25.3 Å². The molecule has 2 rings (SSSR count). The number of carboxylic acids is 1. The molecule has 4 nitrogen and oxygen atoms in total. The number of amides is 1. The zero-order chi connectivity index (χ0) is 14.0. The molecular weight excluding hydrogens is 289 g/mol. The Bertz CT molecular complexity index is 494. The number of carboxylic acid groups (broad SMARTS) is 1. The monoisotopic (exact) mass is 301 g/mol. The lowest BCUT2D eigenvalue weighted by Gasteiger charge is -2.14. The Kier molecular flexibility index (Phi) is 4.32. The van der Waals surface area contributed by atoms with Gasteiger partial charge in [-0.2, -0.15) is 0 Å². The Balaban J connectivity index is 2.06. The van der Waals surface area contributed by atoms with Crippen molar-refractivity contribution in [2.24, 2.45) is 5.92 Å². The first-order chi connectivity index (χ1) is 8.95. The lowest BCUT2D eigenvalue weighted by molar-refractivity contribution is -0.142. The molecule has 0 aliphatic heterocycles. The van der Waals surface area contributed by atoms with Gasteiger partial charge in [0.25, 0.3) is 0 Å². The summed E-state index contributed by atoms with van der Waals surface area (Å²) in [7, 11) is 0.